The molecule has 2 aliphatic heterocycles. The van der Waals surface area contributed by atoms with Crippen LogP contribution >= 0.6 is 11.6 Å². The molecular weight excluding hydrogens is 518 g/mol. The molecule has 3 aliphatic rings. The molecule has 3 N–H and O–H groups in total. The molecule has 200 valence electrons. The number of carbonyl (C=O) groups is 3. The first-order valence-electron chi connectivity index (χ1n) is 13.1. The number of imide groups is 1. The quantitative estimate of drug-likeness (QED) is 0.371. The molecule has 39 heavy (non-hydrogen) atoms. The maximum absolute atomic E-state index is 13.1. The number of carbonyl (C=O) groups excluding carboxylic acids is 3. The molecule has 0 radical (unpaired) electrons. The van der Waals surface area contributed by atoms with Gasteiger partial charge < -0.3 is 20.3 Å². The fraction of sp³-hybridized carbons (Fsp3) is 0.310. The summed E-state index contributed by atoms with van der Waals surface area (Å²) >= 11 is 6.05. The lowest BCUT2D eigenvalue weighted by Gasteiger charge is -2.19. The number of aromatic amines is 1. The minimum Gasteiger partial charge on any atom is -0.387 e. The zero-order chi connectivity index (χ0) is 27.1. The van der Waals surface area contributed by atoms with Gasteiger partial charge in [0.2, 0.25) is 0 Å². The second kappa shape index (κ2) is 10.4. The SMILES string of the molecule is O=C1CC=CC(NC[C@@H](O)c2cccc(Cl)c2)=C1c1nc2cc3c(cc2[nH]1)C(=O)N(CCN1CCCC1)C3=O. The van der Waals surface area contributed by atoms with Crippen LogP contribution in [0.4, 0.5) is 0 Å². The second-order valence-electron chi connectivity index (χ2n) is 10.1. The van der Waals surface area contributed by atoms with E-state index in [2.05, 4.69) is 20.2 Å². The number of allylic oxidation sites excluding steroid dienone is 3. The molecule has 2 aromatic carbocycles. The number of hydrogen-bond acceptors (Lipinski definition) is 7. The molecular formula is C29H28ClN5O4. The van der Waals surface area contributed by atoms with Crippen molar-refractivity contribution >= 4 is 45.8 Å². The first-order chi connectivity index (χ1) is 18.9. The number of hydrogen-bond donors (Lipinski definition) is 3. The van der Waals surface area contributed by atoms with E-state index >= 15 is 0 Å². The van der Waals surface area contributed by atoms with Crippen LogP contribution in [0.2, 0.25) is 5.02 Å². The average Bonchev–Trinajstić information content (AvgIpc) is 3.64. The van der Waals surface area contributed by atoms with Crippen molar-refractivity contribution in [2.24, 2.45) is 0 Å². The highest BCUT2D eigenvalue weighted by atomic mass is 35.5. The van der Waals surface area contributed by atoms with Crippen LogP contribution in [0.25, 0.3) is 16.6 Å². The standard InChI is InChI=1S/C29H28ClN5O4/c30-18-6-3-5-17(13-18)25(37)16-31-21-7-4-8-24(36)26(21)27-32-22-14-19-20(15-23(22)33-27)29(39)35(28(19)38)12-11-34-9-1-2-10-34/h3-7,13-15,25,31,37H,1-2,8-12,16H2,(H,32,33)/t25-/m1/s1. The Morgan fingerprint density at radius 2 is 1.82 bits per heavy atom. The van der Waals surface area contributed by atoms with Gasteiger partial charge in [0.25, 0.3) is 11.8 Å². The number of fused-ring (bicyclic) bond motifs is 2. The Bertz CT molecular complexity index is 1500. The summed E-state index contributed by atoms with van der Waals surface area (Å²) in [5.74, 6) is -0.410. The number of nitrogens with zero attached hydrogens (tertiary/aromatic N) is 3. The van der Waals surface area contributed by atoms with E-state index in [1.165, 1.54) is 4.90 Å². The van der Waals surface area contributed by atoms with E-state index in [0.29, 0.717) is 62.9 Å². The predicted octanol–water partition coefficient (Wildman–Crippen LogP) is 3.47. The molecule has 2 amide bonds. The normalized spacial score (nSPS) is 18.5. The Hall–Kier alpha value is -3.79. The Balaban J connectivity index is 1.25. The highest BCUT2D eigenvalue weighted by Crippen LogP contribution is 2.30. The number of imidazole rings is 1. The molecule has 6 rings (SSSR count). The average molecular weight is 546 g/mol. The molecule has 1 aromatic heterocycles. The molecule has 1 atom stereocenters. The lowest BCUT2D eigenvalue weighted by Crippen LogP contribution is -2.37. The number of amides is 2. The number of likely N-dealkylation sites (tertiary alicyclic amines) is 1. The van der Waals surface area contributed by atoms with Gasteiger partial charge in [-0.15, -0.1) is 0 Å². The van der Waals surface area contributed by atoms with E-state index in [9.17, 15) is 19.5 Å². The van der Waals surface area contributed by atoms with Crippen LogP contribution in [-0.4, -0.2) is 75.2 Å². The molecule has 0 spiro atoms. The summed E-state index contributed by atoms with van der Waals surface area (Å²) in [5.41, 5.74) is 3.29. The van der Waals surface area contributed by atoms with Crippen LogP contribution in [0.1, 0.15) is 57.5 Å². The first-order valence-corrected chi connectivity index (χ1v) is 13.5. The highest BCUT2D eigenvalue weighted by molar-refractivity contribution is 6.30. The molecule has 9 nitrogen and oxygen atoms in total. The van der Waals surface area contributed by atoms with Crippen molar-refractivity contribution in [2.75, 3.05) is 32.7 Å². The van der Waals surface area contributed by atoms with Crippen LogP contribution in [0.5, 0.6) is 0 Å². The van der Waals surface area contributed by atoms with Gasteiger partial charge in [0.05, 0.1) is 33.8 Å². The van der Waals surface area contributed by atoms with E-state index in [1.807, 2.05) is 0 Å². The van der Waals surface area contributed by atoms with Gasteiger partial charge in [0, 0.05) is 36.8 Å². The summed E-state index contributed by atoms with van der Waals surface area (Å²) in [7, 11) is 0. The molecule has 1 aliphatic carbocycles. The Morgan fingerprint density at radius 1 is 1.05 bits per heavy atom. The van der Waals surface area contributed by atoms with Gasteiger partial charge in [0.1, 0.15) is 5.82 Å². The third kappa shape index (κ3) is 4.89. The number of halogens is 1. The van der Waals surface area contributed by atoms with Crippen molar-refractivity contribution in [3.05, 3.63) is 81.8 Å². The van der Waals surface area contributed by atoms with Crippen LogP contribution < -0.4 is 5.32 Å². The van der Waals surface area contributed by atoms with Gasteiger partial charge in [0.15, 0.2) is 5.78 Å². The summed E-state index contributed by atoms with van der Waals surface area (Å²) in [4.78, 5) is 50.5. The molecule has 1 saturated heterocycles. The van der Waals surface area contributed by atoms with Crippen LogP contribution in [-0.2, 0) is 4.79 Å². The van der Waals surface area contributed by atoms with Crippen molar-refractivity contribution in [1.82, 2.24) is 25.1 Å². The van der Waals surface area contributed by atoms with Gasteiger partial charge >= 0.3 is 0 Å². The number of rotatable bonds is 8. The Labute approximate surface area is 230 Å². The van der Waals surface area contributed by atoms with Crippen molar-refractivity contribution in [3.8, 4) is 0 Å². The number of aliphatic hydroxyl groups excluding tert-OH is 1. The second-order valence-corrected chi connectivity index (χ2v) is 10.5. The molecule has 0 unspecified atom stereocenters. The Kier molecular flexibility index (Phi) is 6.80. The number of benzene rings is 2. The van der Waals surface area contributed by atoms with Crippen LogP contribution in [0, 0.1) is 0 Å². The van der Waals surface area contributed by atoms with E-state index in [4.69, 9.17) is 11.6 Å². The lowest BCUT2D eigenvalue weighted by molar-refractivity contribution is -0.113. The summed E-state index contributed by atoms with van der Waals surface area (Å²) in [6, 6.07) is 10.3. The number of Topliss-reactive ketones (excluding diaryl/α,β-unsaturated/α-hetero) is 1. The first kappa shape index (κ1) is 25.5. The number of ketones is 1. The number of aromatic nitrogens is 2. The monoisotopic (exact) mass is 545 g/mol. The highest BCUT2D eigenvalue weighted by Gasteiger charge is 2.36. The fourth-order valence-electron chi connectivity index (χ4n) is 5.43. The number of H-pyrrole nitrogens is 1. The van der Waals surface area contributed by atoms with Crippen molar-refractivity contribution < 1.29 is 19.5 Å². The van der Waals surface area contributed by atoms with E-state index in [0.717, 1.165) is 25.9 Å². The maximum Gasteiger partial charge on any atom is 0.261 e. The third-order valence-electron chi connectivity index (χ3n) is 7.50. The third-order valence-corrected chi connectivity index (χ3v) is 7.74. The molecule has 0 bridgehead atoms. The van der Waals surface area contributed by atoms with Gasteiger partial charge in [-0.1, -0.05) is 29.8 Å². The molecule has 3 aromatic rings. The summed E-state index contributed by atoms with van der Waals surface area (Å²) in [6.07, 6.45) is 5.22. The predicted molar refractivity (Wildman–Crippen MR) is 147 cm³/mol. The summed E-state index contributed by atoms with van der Waals surface area (Å²) in [5, 5.41) is 14.3. The molecule has 0 saturated carbocycles. The van der Waals surface area contributed by atoms with E-state index in [1.54, 1.807) is 48.6 Å². The van der Waals surface area contributed by atoms with Crippen molar-refractivity contribution in [3.63, 3.8) is 0 Å². The van der Waals surface area contributed by atoms with Gasteiger partial charge in [-0.2, -0.15) is 0 Å². The fourth-order valence-corrected chi connectivity index (χ4v) is 5.63. The number of aliphatic hydroxyl groups is 1. The largest absolute Gasteiger partial charge is 0.387 e. The van der Waals surface area contributed by atoms with Gasteiger partial charge in [-0.05, 0) is 61.8 Å². The number of nitrogens with one attached hydrogen (secondary N) is 2. The van der Waals surface area contributed by atoms with Gasteiger partial charge in [-0.3, -0.25) is 19.3 Å². The Morgan fingerprint density at radius 3 is 2.59 bits per heavy atom. The van der Waals surface area contributed by atoms with Gasteiger partial charge in [-0.25, -0.2) is 4.98 Å². The smallest absolute Gasteiger partial charge is 0.261 e. The van der Waals surface area contributed by atoms with Crippen molar-refractivity contribution in [1.29, 1.82) is 0 Å². The summed E-state index contributed by atoms with van der Waals surface area (Å²) < 4.78 is 0. The topological polar surface area (TPSA) is 119 Å². The van der Waals surface area contributed by atoms with E-state index < -0.39 is 6.10 Å². The van der Waals surface area contributed by atoms with Crippen LogP contribution in [0.15, 0.2) is 54.2 Å². The maximum atomic E-state index is 13.1. The zero-order valence-corrected chi connectivity index (χ0v) is 22.0. The molecule has 1 fully saturated rings. The van der Waals surface area contributed by atoms with Crippen molar-refractivity contribution in [2.45, 2.75) is 25.4 Å². The molecule has 10 heteroatoms. The van der Waals surface area contributed by atoms with Crippen LogP contribution in [0.3, 0.4) is 0 Å². The lowest BCUT2D eigenvalue weighted by atomic mass is 9.99. The minimum atomic E-state index is -0.841. The zero-order valence-electron chi connectivity index (χ0n) is 21.2. The summed E-state index contributed by atoms with van der Waals surface area (Å²) in [6.45, 7) is 3.19. The molecule has 3 heterocycles. The minimum absolute atomic E-state index is 0.135. The van der Waals surface area contributed by atoms with E-state index in [-0.39, 0.29) is 30.6 Å².